The van der Waals surface area contributed by atoms with Crippen molar-refractivity contribution in [3.8, 4) is 5.88 Å². The Kier molecular flexibility index (Phi) is 4.98. The van der Waals surface area contributed by atoms with Gasteiger partial charge in [-0.15, -0.1) is 0 Å². The predicted octanol–water partition coefficient (Wildman–Crippen LogP) is 2.79. The Labute approximate surface area is 125 Å². The number of ether oxygens (including phenoxy) is 1. The van der Waals surface area contributed by atoms with Crippen LogP contribution >= 0.6 is 0 Å². The maximum atomic E-state index is 5.81. The molecule has 0 fully saturated rings. The van der Waals surface area contributed by atoms with Gasteiger partial charge in [0.1, 0.15) is 0 Å². The topological polar surface area (TPSA) is 64.3 Å². The summed E-state index contributed by atoms with van der Waals surface area (Å²) in [5, 5.41) is 0. The molecule has 0 aliphatic heterocycles. The minimum Gasteiger partial charge on any atom is -0.478 e. The van der Waals surface area contributed by atoms with E-state index in [-0.39, 0.29) is 0 Å². The minimum atomic E-state index is 0.624. The van der Waals surface area contributed by atoms with Crippen LogP contribution in [0.1, 0.15) is 24.6 Å². The highest BCUT2D eigenvalue weighted by Gasteiger charge is 2.09. The van der Waals surface area contributed by atoms with E-state index in [0.717, 1.165) is 23.4 Å². The molecule has 0 radical (unpaired) electrons. The molecular formula is C16H22N4O. The zero-order valence-corrected chi connectivity index (χ0v) is 12.8. The Morgan fingerprint density at radius 3 is 2.76 bits per heavy atom. The summed E-state index contributed by atoms with van der Waals surface area (Å²) >= 11 is 0. The number of rotatable bonds is 6. The highest BCUT2D eigenvalue weighted by molar-refractivity contribution is 5.42. The lowest BCUT2D eigenvalue weighted by Crippen LogP contribution is -2.20. The van der Waals surface area contributed by atoms with Gasteiger partial charge in [-0.3, -0.25) is 0 Å². The van der Waals surface area contributed by atoms with Crippen molar-refractivity contribution in [3.05, 3.63) is 41.6 Å². The van der Waals surface area contributed by atoms with Gasteiger partial charge in [-0.05, 0) is 31.0 Å². The van der Waals surface area contributed by atoms with Crippen molar-refractivity contribution >= 4 is 11.6 Å². The van der Waals surface area contributed by atoms with Crippen LogP contribution in [0.4, 0.5) is 11.6 Å². The van der Waals surface area contributed by atoms with Crippen LogP contribution in [0.15, 0.2) is 30.3 Å². The van der Waals surface area contributed by atoms with Gasteiger partial charge in [-0.2, -0.15) is 4.98 Å². The van der Waals surface area contributed by atoms with E-state index in [0.29, 0.717) is 25.0 Å². The summed E-state index contributed by atoms with van der Waals surface area (Å²) in [6.45, 7) is 5.37. The Bertz CT molecular complexity index is 601. The van der Waals surface area contributed by atoms with E-state index in [2.05, 4.69) is 16.9 Å². The number of nitrogen functional groups attached to an aromatic ring is 1. The Hall–Kier alpha value is -2.30. The van der Waals surface area contributed by atoms with Crippen molar-refractivity contribution in [2.75, 3.05) is 24.3 Å². The zero-order valence-electron chi connectivity index (χ0n) is 12.8. The molecule has 0 spiro atoms. The zero-order chi connectivity index (χ0) is 15.2. The molecule has 2 rings (SSSR count). The van der Waals surface area contributed by atoms with Crippen LogP contribution < -0.4 is 15.4 Å². The van der Waals surface area contributed by atoms with Gasteiger partial charge >= 0.3 is 0 Å². The molecule has 0 saturated carbocycles. The van der Waals surface area contributed by atoms with Crippen LogP contribution in [0.5, 0.6) is 5.88 Å². The summed E-state index contributed by atoms with van der Waals surface area (Å²) < 4.78 is 5.60. The smallest absolute Gasteiger partial charge is 0.228 e. The van der Waals surface area contributed by atoms with E-state index >= 15 is 0 Å². The van der Waals surface area contributed by atoms with Gasteiger partial charge in [0.05, 0.1) is 6.61 Å². The van der Waals surface area contributed by atoms with E-state index in [1.54, 1.807) is 0 Å². The summed E-state index contributed by atoms with van der Waals surface area (Å²) in [6, 6.07) is 9.68. The first-order valence-corrected chi connectivity index (χ1v) is 7.12. The molecule has 0 saturated heterocycles. The lowest BCUT2D eigenvalue weighted by Gasteiger charge is -2.18. The third-order valence-corrected chi connectivity index (χ3v) is 2.99. The van der Waals surface area contributed by atoms with Gasteiger partial charge in [-0.25, -0.2) is 4.98 Å². The van der Waals surface area contributed by atoms with Crippen molar-refractivity contribution in [2.24, 2.45) is 0 Å². The molecule has 0 unspecified atom stereocenters. The van der Waals surface area contributed by atoms with Crippen LogP contribution in [0.2, 0.25) is 0 Å². The molecule has 2 aromatic rings. The molecule has 5 nitrogen and oxygen atoms in total. The molecule has 0 atom stereocenters. The molecular weight excluding hydrogens is 264 g/mol. The van der Waals surface area contributed by atoms with Gasteiger partial charge in [0.25, 0.3) is 0 Å². The first-order valence-electron chi connectivity index (χ1n) is 7.12. The van der Waals surface area contributed by atoms with Crippen LogP contribution in [0.3, 0.4) is 0 Å². The van der Waals surface area contributed by atoms with Crippen LogP contribution in [-0.2, 0) is 6.54 Å². The van der Waals surface area contributed by atoms with Crippen LogP contribution in [0.25, 0.3) is 0 Å². The Morgan fingerprint density at radius 2 is 2.05 bits per heavy atom. The van der Waals surface area contributed by atoms with Crippen LogP contribution in [-0.4, -0.2) is 23.6 Å². The van der Waals surface area contributed by atoms with Crippen molar-refractivity contribution in [2.45, 2.75) is 26.8 Å². The largest absolute Gasteiger partial charge is 0.478 e. The van der Waals surface area contributed by atoms with Gasteiger partial charge in [-0.1, -0.05) is 19.1 Å². The van der Waals surface area contributed by atoms with E-state index < -0.39 is 0 Å². The highest BCUT2D eigenvalue weighted by atomic mass is 16.5. The SMILES string of the molecule is CCCOc1cc(C)nc(N(C)Cc2cccc(N)c2)n1. The fraction of sp³-hybridized carbons (Fsp3) is 0.375. The van der Waals surface area contributed by atoms with Crippen LogP contribution in [0, 0.1) is 6.92 Å². The molecule has 1 heterocycles. The Balaban J connectivity index is 2.14. The second-order valence-electron chi connectivity index (χ2n) is 5.10. The van der Waals surface area contributed by atoms with Crippen molar-refractivity contribution < 1.29 is 4.74 Å². The number of nitrogens with two attached hydrogens (primary N) is 1. The molecule has 112 valence electrons. The maximum Gasteiger partial charge on any atom is 0.228 e. The van der Waals surface area contributed by atoms with Crippen molar-refractivity contribution in [3.63, 3.8) is 0 Å². The summed E-state index contributed by atoms with van der Waals surface area (Å²) in [6.07, 6.45) is 0.956. The first kappa shape index (κ1) is 15.1. The van der Waals surface area contributed by atoms with Gasteiger partial charge in [0.15, 0.2) is 0 Å². The second-order valence-corrected chi connectivity index (χ2v) is 5.10. The monoisotopic (exact) mass is 286 g/mol. The predicted molar refractivity (Wildman–Crippen MR) is 85.5 cm³/mol. The quantitative estimate of drug-likeness (QED) is 0.827. The minimum absolute atomic E-state index is 0.624. The number of nitrogens with zero attached hydrogens (tertiary/aromatic N) is 3. The van der Waals surface area contributed by atoms with E-state index in [9.17, 15) is 0 Å². The van der Waals surface area contributed by atoms with E-state index in [1.807, 2.05) is 49.2 Å². The third kappa shape index (κ3) is 4.34. The molecule has 0 aliphatic carbocycles. The summed E-state index contributed by atoms with van der Waals surface area (Å²) in [7, 11) is 1.96. The van der Waals surface area contributed by atoms with E-state index in [1.165, 1.54) is 0 Å². The third-order valence-electron chi connectivity index (χ3n) is 2.99. The van der Waals surface area contributed by atoms with Crippen molar-refractivity contribution in [1.29, 1.82) is 0 Å². The Morgan fingerprint density at radius 1 is 1.24 bits per heavy atom. The lowest BCUT2D eigenvalue weighted by molar-refractivity contribution is 0.304. The van der Waals surface area contributed by atoms with Crippen molar-refractivity contribution in [1.82, 2.24) is 9.97 Å². The average Bonchev–Trinajstić information content (AvgIpc) is 2.44. The van der Waals surface area contributed by atoms with Gasteiger partial charge in [0, 0.05) is 31.0 Å². The number of anilines is 2. The average molecular weight is 286 g/mol. The molecule has 1 aromatic carbocycles. The molecule has 5 heteroatoms. The summed E-state index contributed by atoms with van der Waals surface area (Å²) in [5.41, 5.74) is 8.59. The standard InChI is InChI=1S/C16H22N4O/c1-4-8-21-15-9-12(2)18-16(19-15)20(3)11-13-6-5-7-14(17)10-13/h5-7,9-10H,4,8,11,17H2,1-3H3. The van der Waals surface area contributed by atoms with E-state index in [4.69, 9.17) is 10.5 Å². The fourth-order valence-corrected chi connectivity index (χ4v) is 2.01. The number of hydrogen-bond donors (Lipinski definition) is 1. The summed E-state index contributed by atoms with van der Waals surface area (Å²) in [4.78, 5) is 10.9. The number of aryl methyl sites for hydroxylation is 1. The maximum absolute atomic E-state index is 5.81. The normalized spacial score (nSPS) is 10.4. The number of aromatic nitrogens is 2. The number of hydrogen-bond acceptors (Lipinski definition) is 5. The summed E-state index contributed by atoms with van der Waals surface area (Å²) in [5.74, 6) is 1.28. The molecule has 0 bridgehead atoms. The highest BCUT2D eigenvalue weighted by Crippen LogP contribution is 2.17. The lowest BCUT2D eigenvalue weighted by atomic mass is 10.2. The van der Waals surface area contributed by atoms with Gasteiger partial charge < -0.3 is 15.4 Å². The molecule has 21 heavy (non-hydrogen) atoms. The molecule has 2 N–H and O–H groups in total. The van der Waals surface area contributed by atoms with Gasteiger partial charge in [0.2, 0.25) is 11.8 Å². The first-order chi connectivity index (χ1) is 10.1. The molecule has 0 aliphatic rings. The molecule has 1 aromatic heterocycles. The second kappa shape index (κ2) is 6.92. The fourth-order valence-electron chi connectivity index (χ4n) is 2.01. The molecule has 0 amide bonds. The number of benzene rings is 1.